The van der Waals surface area contributed by atoms with Crippen molar-refractivity contribution in [3.05, 3.63) is 18.3 Å². The molecular formula is C13H15F3N4O4. The Morgan fingerprint density at radius 1 is 1.33 bits per heavy atom. The van der Waals surface area contributed by atoms with Gasteiger partial charge in [-0.3, -0.25) is 4.79 Å². The van der Waals surface area contributed by atoms with Crippen molar-refractivity contribution < 1.29 is 32.7 Å². The van der Waals surface area contributed by atoms with Gasteiger partial charge in [-0.25, -0.2) is 9.78 Å². The Morgan fingerprint density at radius 3 is 2.33 bits per heavy atom. The second-order valence-electron chi connectivity index (χ2n) is 5.38. The second-order valence-corrected chi connectivity index (χ2v) is 5.38. The molecule has 1 amide bonds. The molecule has 0 aliphatic carbocycles. The summed E-state index contributed by atoms with van der Waals surface area (Å²) in [5.74, 6) is -4.17. The largest absolute Gasteiger partial charge is 0.493 e. The van der Waals surface area contributed by atoms with Crippen LogP contribution >= 0.6 is 0 Å². The fraction of sp³-hybridized carbons (Fsp3) is 0.462. The molecule has 0 spiro atoms. The molecule has 1 saturated heterocycles. The molecule has 1 aromatic heterocycles. The third-order valence-corrected chi connectivity index (χ3v) is 3.28. The first-order chi connectivity index (χ1) is 11.0. The number of hydrogen-bond acceptors (Lipinski definition) is 7. The lowest BCUT2D eigenvalue weighted by atomic mass is 9.96. The first kappa shape index (κ1) is 17.9. The Morgan fingerprint density at radius 2 is 1.96 bits per heavy atom. The van der Waals surface area contributed by atoms with Crippen LogP contribution in [0.3, 0.4) is 0 Å². The maximum Gasteiger partial charge on any atom is 0.493 e. The zero-order valence-corrected chi connectivity index (χ0v) is 12.8. The average Bonchev–Trinajstić information content (AvgIpc) is 2.48. The van der Waals surface area contributed by atoms with E-state index in [0.29, 0.717) is 5.69 Å². The molecule has 24 heavy (non-hydrogen) atoms. The third-order valence-electron chi connectivity index (χ3n) is 3.28. The van der Waals surface area contributed by atoms with Crippen LogP contribution in [0.4, 0.5) is 24.7 Å². The molecule has 2 heterocycles. The summed E-state index contributed by atoms with van der Waals surface area (Å²) in [5, 5.41) is 12.7. The molecule has 1 aromatic rings. The number of β-amino-alcohol motifs (C(OH)–C–C–N with tert-alkyl or cyclic N) is 1. The summed E-state index contributed by atoms with van der Waals surface area (Å²) in [6, 6.07) is 2.67. The number of nitrogens with one attached hydrogen (secondary N) is 1. The molecule has 0 atom stereocenters. The number of rotatable bonds is 3. The van der Waals surface area contributed by atoms with E-state index in [1.54, 1.807) is 19.0 Å². The number of carbonyl (C=O) groups excluding carboxylic acids is 2. The highest BCUT2D eigenvalue weighted by molar-refractivity contribution is 5.99. The molecule has 0 bridgehead atoms. The molecule has 2 N–H and O–H groups in total. The summed E-state index contributed by atoms with van der Waals surface area (Å²) >= 11 is 0. The predicted octanol–water partition coefficient (Wildman–Crippen LogP) is -0.165. The number of amides is 1. The van der Waals surface area contributed by atoms with Crippen molar-refractivity contribution in [2.24, 2.45) is 0 Å². The van der Waals surface area contributed by atoms with Gasteiger partial charge in [0.15, 0.2) is 11.4 Å². The first-order valence-corrected chi connectivity index (χ1v) is 6.75. The Kier molecular flexibility index (Phi) is 4.67. The molecular weight excluding hydrogens is 333 g/mol. The summed E-state index contributed by atoms with van der Waals surface area (Å²) in [4.78, 5) is 33.0. The summed E-state index contributed by atoms with van der Waals surface area (Å²) < 4.78 is 37.3. The van der Waals surface area contributed by atoms with Crippen LogP contribution in [0.5, 0.6) is 0 Å². The number of alkyl halides is 3. The van der Waals surface area contributed by atoms with E-state index in [9.17, 15) is 27.9 Å². The van der Waals surface area contributed by atoms with Gasteiger partial charge in [-0.15, -0.1) is 5.06 Å². The summed E-state index contributed by atoms with van der Waals surface area (Å²) in [7, 11) is 3.43. The van der Waals surface area contributed by atoms with Crippen molar-refractivity contribution in [1.82, 2.24) is 10.3 Å². The van der Waals surface area contributed by atoms with Gasteiger partial charge in [0.05, 0.1) is 11.9 Å². The van der Waals surface area contributed by atoms with E-state index < -0.39 is 23.7 Å². The minimum absolute atomic E-state index is 0.0656. The number of pyridine rings is 1. The number of hydroxylamine groups is 1. The third kappa shape index (κ3) is 3.57. The lowest BCUT2D eigenvalue weighted by Gasteiger charge is -2.38. The summed E-state index contributed by atoms with van der Waals surface area (Å²) in [6.45, 7) is -0.358. The molecule has 0 radical (unpaired) electrons. The van der Waals surface area contributed by atoms with Crippen molar-refractivity contribution in [1.29, 1.82) is 0 Å². The van der Waals surface area contributed by atoms with Gasteiger partial charge in [-0.05, 0) is 12.1 Å². The standard InChI is InChI=1S/C13H15F3N4O4/c1-19(2)8-3-4-9(18-5-8)20(24-11(22)13(14,15)16)10(21)12(23)6-17-7-12/h3-5,17,23H,6-7H2,1-2H3. The first-order valence-electron chi connectivity index (χ1n) is 6.75. The van der Waals surface area contributed by atoms with Crippen molar-refractivity contribution >= 4 is 23.4 Å². The van der Waals surface area contributed by atoms with Crippen LogP contribution in [0.15, 0.2) is 18.3 Å². The lowest BCUT2D eigenvalue weighted by Crippen LogP contribution is -2.68. The molecule has 0 unspecified atom stereocenters. The molecule has 1 fully saturated rings. The molecule has 11 heteroatoms. The second kappa shape index (κ2) is 6.24. The van der Waals surface area contributed by atoms with Gasteiger partial charge in [-0.2, -0.15) is 13.2 Å². The lowest BCUT2D eigenvalue weighted by molar-refractivity contribution is -0.203. The SMILES string of the molecule is CN(C)c1ccc(N(OC(=O)C(F)(F)F)C(=O)C2(O)CNC2)nc1. The minimum atomic E-state index is -5.30. The summed E-state index contributed by atoms with van der Waals surface area (Å²) in [5.41, 5.74) is -1.36. The molecule has 0 aromatic carbocycles. The van der Waals surface area contributed by atoms with E-state index >= 15 is 0 Å². The number of carbonyl (C=O) groups is 2. The highest BCUT2D eigenvalue weighted by atomic mass is 19.4. The maximum atomic E-state index is 12.4. The smallest absolute Gasteiger partial charge is 0.377 e. The molecule has 1 aliphatic heterocycles. The minimum Gasteiger partial charge on any atom is -0.377 e. The Hall–Kier alpha value is -2.40. The average molecular weight is 348 g/mol. The number of anilines is 2. The Balaban J connectivity index is 2.31. The number of aromatic nitrogens is 1. The van der Waals surface area contributed by atoms with Crippen LogP contribution in [0.1, 0.15) is 0 Å². The fourth-order valence-electron chi connectivity index (χ4n) is 1.79. The normalized spacial score (nSPS) is 16.1. The van der Waals surface area contributed by atoms with E-state index in [0.717, 1.165) is 0 Å². The van der Waals surface area contributed by atoms with E-state index in [1.165, 1.54) is 18.3 Å². The molecule has 0 saturated carbocycles. The number of aliphatic hydroxyl groups is 1. The van der Waals surface area contributed by atoms with Gasteiger partial charge >= 0.3 is 12.1 Å². The van der Waals surface area contributed by atoms with Crippen LogP contribution in [0.25, 0.3) is 0 Å². The van der Waals surface area contributed by atoms with E-state index in [4.69, 9.17) is 0 Å². The Bertz CT molecular complexity index is 629. The van der Waals surface area contributed by atoms with Crippen LogP contribution in [0, 0.1) is 0 Å². The van der Waals surface area contributed by atoms with E-state index in [-0.39, 0.29) is 24.0 Å². The fourth-order valence-corrected chi connectivity index (χ4v) is 1.79. The van der Waals surface area contributed by atoms with Gasteiger partial charge in [-0.1, -0.05) is 0 Å². The van der Waals surface area contributed by atoms with Gasteiger partial charge in [0, 0.05) is 27.2 Å². The van der Waals surface area contributed by atoms with Crippen LogP contribution < -0.4 is 15.3 Å². The number of halogens is 3. The summed E-state index contributed by atoms with van der Waals surface area (Å²) in [6.07, 6.45) is -4.03. The zero-order valence-electron chi connectivity index (χ0n) is 12.8. The van der Waals surface area contributed by atoms with Crippen molar-refractivity contribution in [2.45, 2.75) is 11.8 Å². The van der Waals surface area contributed by atoms with Gasteiger partial charge in [0.25, 0.3) is 5.91 Å². The van der Waals surface area contributed by atoms with Gasteiger partial charge in [0.1, 0.15) is 0 Å². The van der Waals surface area contributed by atoms with Crippen LogP contribution in [-0.4, -0.2) is 60.9 Å². The van der Waals surface area contributed by atoms with Crippen molar-refractivity contribution in [3.63, 3.8) is 0 Å². The molecule has 132 valence electrons. The van der Waals surface area contributed by atoms with Crippen LogP contribution in [-0.2, 0) is 14.4 Å². The highest BCUT2D eigenvalue weighted by Gasteiger charge is 2.50. The van der Waals surface area contributed by atoms with E-state index in [1.807, 2.05) is 0 Å². The van der Waals surface area contributed by atoms with Crippen LogP contribution in [0.2, 0.25) is 0 Å². The van der Waals surface area contributed by atoms with Gasteiger partial charge in [0.2, 0.25) is 0 Å². The molecule has 2 rings (SSSR count). The molecule has 8 nitrogen and oxygen atoms in total. The quantitative estimate of drug-likeness (QED) is 0.733. The topological polar surface area (TPSA) is 95.0 Å². The zero-order chi connectivity index (χ0) is 18.1. The monoisotopic (exact) mass is 348 g/mol. The van der Waals surface area contributed by atoms with E-state index in [2.05, 4.69) is 15.1 Å². The highest BCUT2D eigenvalue weighted by Crippen LogP contribution is 2.25. The number of nitrogens with zero attached hydrogens (tertiary/aromatic N) is 3. The molecule has 1 aliphatic rings. The van der Waals surface area contributed by atoms with Crippen molar-refractivity contribution in [3.8, 4) is 0 Å². The van der Waals surface area contributed by atoms with Crippen molar-refractivity contribution in [2.75, 3.05) is 37.1 Å². The maximum absolute atomic E-state index is 12.4. The predicted molar refractivity (Wildman–Crippen MR) is 76.0 cm³/mol. The Labute approximate surface area is 134 Å². The number of hydrogen-bond donors (Lipinski definition) is 2. The van der Waals surface area contributed by atoms with Gasteiger partial charge < -0.3 is 20.2 Å².